The first-order chi connectivity index (χ1) is 52.8. The third-order valence-electron chi connectivity index (χ3n) is 20.8. The molecule has 9 rings (SSSR count). The Labute approximate surface area is 644 Å². The zero-order chi connectivity index (χ0) is 79.8. The number of carbonyl (C=O) groups excluding carboxylic acids is 9. The number of nitrogens with two attached hydrogens (primary N) is 4. The maximum Gasteiger partial charge on any atom is 0.243 e. The number of amides is 9. The fourth-order valence-electron chi connectivity index (χ4n) is 13.2. The zero-order valence-corrected chi connectivity index (χ0v) is 64.9. The second-order valence-electron chi connectivity index (χ2n) is 29.4. The van der Waals surface area contributed by atoms with E-state index in [9.17, 15) is 56.3 Å². The fourth-order valence-corrected chi connectivity index (χ4v) is 13.2. The van der Waals surface area contributed by atoms with Crippen molar-refractivity contribution in [3.63, 3.8) is 0 Å². The van der Waals surface area contributed by atoms with Crippen molar-refractivity contribution in [1.82, 2.24) is 62.6 Å². The van der Waals surface area contributed by atoms with E-state index in [0.29, 0.717) is 147 Å². The van der Waals surface area contributed by atoms with Gasteiger partial charge in [-0.25, -0.2) is 13.2 Å². The molecule has 0 aromatic heterocycles. The molecule has 3 aromatic rings. The monoisotopic (exact) mass is 1540 g/mol. The molecule has 0 unspecified atom stereocenters. The first-order valence-electron chi connectivity index (χ1n) is 39.2. The Bertz CT molecular complexity index is 3550. The van der Waals surface area contributed by atoms with Crippen LogP contribution in [0.2, 0.25) is 0 Å². The van der Waals surface area contributed by atoms with Gasteiger partial charge >= 0.3 is 0 Å². The molecule has 3 aliphatic heterocycles. The smallest absolute Gasteiger partial charge is 0.243 e. The molecule has 9 atom stereocenters. The van der Waals surface area contributed by atoms with Crippen LogP contribution in [0.5, 0.6) is 17.2 Å². The minimum Gasteiger partial charge on any atom is -0.492 e. The lowest BCUT2D eigenvalue weighted by Crippen LogP contribution is -2.56. The molecule has 0 bridgehead atoms. The van der Waals surface area contributed by atoms with Crippen molar-refractivity contribution < 1.29 is 70.5 Å². The van der Waals surface area contributed by atoms with Crippen molar-refractivity contribution in [3.05, 3.63) is 88.7 Å². The Morgan fingerprint density at radius 1 is 0.427 bits per heavy atom. The van der Waals surface area contributed by atoms with Crippen LogP contribution in [0, 0.1) is 35.2 Å². The molecular weight excluding hydrogens is 1420 g/mol. The number of fused-ring (bicyclic) bond motifs is 3. The van der Waals surface area contributed by atoms with Crippen LogP contribution in [0.25, 0.3) is 0 Å². The van der Waals surface area contributed by atoms with Crippen LogP contribution in [0.4, 0.5) is 13.2 Å². The van der Waals surface area contributed by atoms with E-state index in [-0.39, 0.29) is 102 Å². The highest BCUT2D eigenvalue weighted by Gasteiger charge is 2.43. The molecule has 0 saturated heterocycles. The lowest BCUT2D eigenvalue weighted by Gasteiger charge is -2.30. The molecule has 0 spiro atoms. The average Bonchev–Trinajstić information content (AvgIpc) is 1.66. The van der Waals surface area contributed by atoms with Crippen molar-refractivity contribution in [3.8, 4) is 17.2 Å². The number of aryl methyl sites for hydroxylation is 3. The number of rotatable bonds is 15. The number of nitrogens with one attached hydrogen (secondary N) is 9. The molecule has 610 valence electrons. The Morgan fingerprint density at radius 3 is 1.04 bits per heavy atom. The Balaban J connectivity index is 0.000000230. The Kier molecular flexibility index (Phi) is 36.5. The van der Waals surface area contributed by atoms with Crippen LogP contribution < -0.4 is 85.0 Å². The average molecular weight is 1540 g/mol. The summed E-state index contributed by atoms with van der Waals surface area (Å²) in [5, 5.41) is 27.0. The third-order valence-corrected chi connectivity index (χ3v) is 20.8. The van der Waals surface area contributed by atoms with E-state index in [1.165, 1.54) is 51.1 Å². The van der Waals surface area contributed by atoms with E-state index in [1.54, 1.807) is 60.1 Å². The molecule has 3 saturated carbocycles. The maximum absolute atomic E-state index is 13.9. The quantitative estimate of drug-likeness (QED) is 0.0589. The van der Waals surface area contributed by atoms with Gasteiger partial charge in [0.05, 0.1) is 18.1 Å². The molecule has 29 nitrogen and oxygen atoms in total. The number of ether oxygens (including phenoxy) is 3. The van der Waals surface area contributed by atoms with Gasteiger partial charge in [0.25, 0.3) is 0 Å². The number of carbonyl (C=O) groups is 9. The van der Waals surface area contributed by atoms with Crippen LogP contribution in [0.3, 0.4) is 0 Å². The highest BCUT2D eigenvalue weighted by molar-refractivity contribution is 5.95. The normalized spacial score (nSPS) is 24.8. The summed E-state index contributed by atoms with van der Waals surface area (Å²) in [4.78, 5) is 126. The largest absolute Gasteiger partial charge is 0.492 e. The van der Waals surface area contributed by atoms with Crippen molar-refractivity contribution in [1.29, 1.82) is 0 Å². The Hall–Kier alpha value is -8.85. The summed E-state index contributed by atoms with van der Waals surface area (Å²) in [6, 6.07) is 7.50. The molecule has 0 radical (unpaired) electrons. The molecule has 3 aromatic carbocycles. The van der Waals surface area contributed by atoms with Gasteiger partial charge in [-0.3, -0.25) is 48.1 Å². The molecule has 3 aliphatic carbocycles. The summed E-state index contributed by atoms with van der Waals surface area (Å²) in [5.41, 5.74) is 24.5. The first kappa shape index (κ1) is 88.4. The van der Waals surface area contributed by atoms with E-state index in [4.69, 9.17) is 37.1 Å². The number of likely N-dealkylation sites (N-methyl/N-ethyl adjacent to an activating group) is 3. The van der Waals surface area contributed by atoms with E-state index in [1.807, 2.05) is 0 Å². The van der Waals surface area contributed by atoms with Crippen LogP contribution >= 0.6 is 0 Å². The number of halogens is 3. The van der Waals surface area contributed by atoms with Gasteiger partial charge < -0.3 is 99.7 Å². The SMILES string of the molecule is C[C@@H]1C(=O)N[C@H](CCCCCN)C(=O)NCCCc2ccc(F)cc2OCCN[C@@H](C2CC2)C(=O)N1C.C[C@@H]1C(=O)N[C@H](CCCN)C(=O)NCCCc2ccc(F)cc2OCCN[C@@H](C2CC2)C(=O)N1C.C[C@@H]1C(=O)N[C@H](CCCN=C(N)N)C(=O)NCCCc2ccc(F)cc2OCCN[C@@H](C2CC2)C(=O)N1C. The molecule has 110 heavy (non-hydrogen) atoms. The van der Waals surface area contributed by atoms with Crippen molar-refractivity contribution in [2.45, 2.75) is 204 Å². The Morgan fingerprint density at radius 2 is 0.736 bits per heavy atom. The van der Waals surface area contributed by atoms with E-state index in [0.717, 1.165) is 74.5 Å². The summed E-state index contributed by atoms with van der Waals surface area (Å²) >= 11 is 0. The van der Waals surface area contributed by atoms with E-state index >= 15 is 0 Å². The first-order valence-corrected chi connectivity index (χ1v) is 39.2. The zero-order valence-electron chi connectivity index (χ0n) is 64.9. The molecule has 9 amide bonds. The number of guanidine groups is 1. The van der Waals surface area contributed by atoms with Crippen LogP contribution in [0.15, 0.2) is 59.6 Å². The minimum absolute atomic E-state index is 0.0417. The second-order valence-corrected chi connectivity index (χ2v) is 29.4. The summed E-state index contributed by atoms with van der Waals surface area (Å²) in [6.07, 6.45) is 14.0. The predicted molar refractivity (Wildman–Crippen MR) is 411 cm³/mol. The molecular formula is C78H120F3N17O12. The van der Waals surface area contributed by atoms with Crippen molar-refractivity contribution in [2.75, 3.05) is 99.9 Å². The van der Waals surface area contributed by atoms with E-state index in [2.05, 4.69) is 52.8 Å². The second kappa shape index (κ2) is 45.5. The van der Waals surface area contributed by atoms with Crippen LogP contribution in [0.1, 0.15) is 147 Å². The molecule has 32 heteroatoms. The summed E-state index contributed by atoms with van der Waals surface area (Å²) in [5.74, 6) is -1.78. The maximum atomic E-state index is 13.9. The fraction of sp³-hybridized carbons (Fsp3) is 0.641. The van der Waals surface area contributed by atoms with Gasteiger partial charge in [-0.1, -0.05) is 31.0 Å². The lowest BCUT2D eigenvalue weighted by atomic mass is 10.1. The van der Waals surface area contributed by atoms with E-state index < -0.39 is 66.1 Å². The predicted octanol–water partition coefficient (Wildman–Crippen LogP) is 2.21. The number of aliphatic imine (C=N–C) groups is 1. The standard InChI is InChI=1S/C27H42FN5O4.C26H40FN7O4.C25H38FN5O4/c1-18-25(34)32-22(8-4-3-5-13-29)26(35)31-14-6-7-19-11-12-21(28)17-23(19)37-16-15-30-24(20-9-10-20)27(36)33(18)2;1-16-23(35)33-20(6-4-12-32-26(28)29)24(36)31-11-3-5-17-9-10-19(27)15-21(17)38-14-13-30-22(18-7-8-18)25(37)34(16)2;1-16-23(32)30-20(6-3-11-27)24(33)29-12-4-5-17-9-10-19(26)15-21(17)35-14-13-28-22(18-7-8-18)25(34)31(16)2/h11-12,17-18,20,22,24,30H,3-10,13-16,29H2,1-2H3,(H,31,35)(H,32,34);9-10,15-16,18,20,22,30H,3-8,11-14H2,1-2H3,(H,31,36)(H,33,35)(H4,28,29,32);9-10,15-16,18,20,22,28H,3-8,11-14,27H2,1-2H3,(H,29,33)(H,30,32)/t18-,22-,24+;2*16-,20-,22+/m111/s1. The topological polar surface area (TPSA) is 416 Å². The highest BCUT2D eigenvalue weighted by atomic mass is 19.1. The lowest BCUT2D eigenvalue weighted by molar-refractivity contribution is -0.141. The number of nitrogens with zero attached hydrogens (tertiary/aromatic N) is 4. The molecule has 6 aliphatic rings. The van der Waals surface area contributed by atoms with Crippen molar-refractivity contribution in [2.24, 2.45) is 45.7 Å². The van der Waals surface area contributed by atoms with Gasteiger partial charge in [-0.2, -0.15) is 0 Å². The summed E-state index contributed by atoms with van der Waals surface area (Å²) < 4.78 is 59.2. The number of unbranched alkanes of at least 4 members (excludes halogenated alkanes) is 2. The third kappa shape index (κ3) is 28.8. The van der Waals surface area contributed by atoms with Crippen LogP contribution in [-0.2, 0) is 62.4 Å². The minimum atomic E-state index is -0.816. The van der Waals surface area contributed by atoms with Gasteiger partial charge in [0.15, 0.2) is 5.96 Å². The highest BCUT2D eigenvalue weighted by Crippen LogP contribution is 2.36. The van der Waals surface area contributed by atoms with Gasteiger partial charge in [0.1, 0.15) is 90.8 Å². The number of hydrogen-bond acceptors (Lipinski definition) is 18. The summed E-state index contributed by atoms with van der Waals surface area (Å²) in [6.45, 7) is 9.44. The number of benzene rings is 3. The number of hydrogen-bond donors (Lipinski definition) is 13. The van der Waals surface area contributed by atoms with Crippen molar-refractivity contribution >= 4 is 59.1 Å². The molecule has 3 fully saturated rings. The molecule has 3 heterocycles. The van der Waals surface area contributed by atoms with Gasteiger partial charge in [0.2, 0.25) is 53.2 Å². The van der Waals surface area contributed by atoms with Gasteiger partial charge in [-0.15, -0.1) is 0 Å². The summed E-state index contributed by atoms with van der Waals surface area (Å²) in [7, 11) is 4.81. The van der Waals surface area contributed by atoms with Gasteiger partial charge in [0, 0.05) is 85.2 Å². The molecule has 17 N–H and O–H groups in total. The van der Waals surface area contributed by atoms with Gasteiger partial charge in [-0.05, 0) is 202 Å². The van der Waals surface area contributed by atoms with Crippen LogP contribution in [-0.4, -0.2) is 228 Å².